The lowest BCUT2D eigenvalue weighted by atomic mass is 9.96. The first-order chi connectivity index (χ1) is 13.7. The summed E-state index contributed by atoms with van der Waals surface area (Å²) in [7, 11) is 0. The number of carbonyl (C=O) groups is 1. The highest BCUT2D eigenvalue weighted by Gasteiger charge is 2.32. The molecule has 3 rings (SSSR count). The van der Waals surface area contributed by atoms with Crippen LogP contribution < -0.4 is 11.1 Å². The van der Waals surface area contributed by atoms with Crippen molar-refractivity contribution in [1.29, 1.82) is 0 Å². The number of halogens is 2. The van der Waals surface area contributed by atoms with Crippen molar-refractivity contribution in [3.8, 4) is 11.3 Å². The van der Waals surface area contributed by atoms with Crippen molar-refractivity contribution in [2.75, 3.05) is 6.54 Å². The third-order valence-electron chi connectivity index (χ3n) is 4.78. The van der Waals surface area contributed by atoms with Gasteiger partial charge in [-0.3, -0.25) is 4.98 Å². The van der Waals surface area contributed by atoms with Crippen LogP contribution in [0.5, 0.6) is 0 Å². The Morgan fingerprint density at radius 1 is 1.34 bits per heavy atom. The van der Waals surface area contributed by atoms with Gasteiger partial charge in [0.2, 0.25) is 0 Å². The first kappa shape index (κ1) is 21.5. The lowest BCUT2D eigenvalue weighted by molar-refractivity contribution is 0.0523. The smallest absolute Gasteiger partial charge is 0.407 e. The molecule has 156 valence electrons. The molecule has 29 heavy (non-hydrogen) atoms. The van der Waals surface area contributed by atoms with Gasteiger partial charge in [0.25, 0.3) is 0 Å². The normalized spacial score (nSPS) is 15.1. The van der Waals surface area contributed by atoms with Crippen LogP contribution >= 0.6 is 11.6 Å². The molecular formula is C22H27ClFN3O2. The van der Waals surface area contributed by atoms with Gasteiger partial charge in [0.05, 0.1) is 10.7 Å². The van der Waals surface area contributed by atoms with E-state index < -0.39 is 17.5 Å². The molecule has 0 spiro atoms. The average Bonchev–Trinajstić information content (AvgIpc) is 3.46. The lowest BCUT2D eigenvalue weighted by Crippen LogP contribution is -2.32. The molecule has 1 aromatic heterocycles. The number of carbonyl (C=O) groups excluding carboxylic acids is 1. The summed E-state index contributed by atoms with van der Waals surface area (Å²) in [6.45, 7) is 6.23. The number of hydrogen-bond donors (Lipinski definition) is 2. The van der Waals surface area contributed by atoms with Gasteiger partial charge in [0.15, 0.2) is 0 Å². The number of benzene rings is 1. The molecule has 0 radical (unpaired) electrons. The van der Waals surface area contributed by atoms with Crippen molar-refractivity contribution < 1.29 is 13.9 Å². The molecule has 1 aliphatic rings. The number of amides is 1. The Bertz CT molecular complexity index is 894. The molecule has 1 aliphatic carbocycles. The van der Waals surface area contributed by atoms with Crippen molar-refractivity contribution in [3.05, 3.63) is 52.4 Å². The number of hydrogen-bond acceptors (Lipinski definition) is 4. The molecule has 2 aromatic rings. The number of rotatable bonds is 6. The van der Waals surface area contributed by atoms with Gasteiger partial charge >= 0.3 is 6.09 Å². The predicted octanol–water partition coefficient (Wildman–Crippen LogP) is 5.02. The fourth-order valence-electron chi connectivity index (χ4n) is 3.25. The van der Waals surface area contributed by atoms with E-state index in [1.165, 1.54) is 6.07 Å². The highest BCUT2D eigenvalue weighted by atomic mass is 35.5. The monoisotopic (exact) mass is 419 g/mol. The number of aromatic nitrogens is 1. The van der Waals surface area contributed by atoms with Crippen LogP contribution in [-0.2, 0) is 11.3 Å². The average molecular weight is 420 g/mol. The second kappa shape index (κ2) is 8.67. The number of ether oxygens (including phenoxy) is 1. The summed E-state index contributed by atoms with van der Waals surface area (Å²) in [5, 5.41) is 2.82. The Balaban J connectivity index is 1.90. The summed E-state index contributed by atoms with van der Waals surface area (Å²) in [6, 6.07) is 8.37. The topological polar surface area (TPSA) is 77.2 Å². The van der Waals surface area contributed by atoms with Gasteiger partial charge in [-0.15, -0.1) is 0 Å². The maximum absolute atomic E-state index is 13.6. The Kier molecular flexibility index (Phi) is 6.44. The second-order valence-electron chi connectivity index (χ2n) is 8.45. The quantitative estimate of drug-likeness (QED) is 0.689. The number of nitrogens with zero attached hydrogens (tertiary/aromatic N) is 1. The minimum Gasteiger partial charge on any atom is -0.444 e. The van der Waals surface area contributed by atoms with Crippen LogP contribution in [0.1, 0.15) is 50.8 Å². The fraction of sp³-hybridized carbons (Fsp3) is 0.455. The third-order valence-corrected chi connectivity index (χ3v) is 5.07. The highest BCUT2D eigenvalue weighted by molar-refractivity contribution is 6.31. The van der Waals surface area contributed by atoms with Crippen LogP contribution in [0.25, 0.3) is 11.3 Å². The number of pyridine rings is 1. The summed E-state index contributed by atoms with van der Waals surface area (Å²) in [5.41, 5.74) is 8.59. The van der Waals surface area contributed by atoms with Gasteiger partial charge < -0.3 is 15.8 Å². The predicted molar refractivity (Wildman–Crippen MR) is 112 cm³/mol. The maximum atomic E-state index is 13.6. The fourth-order valence-corrected chi connectivity index (χ4v) is 3.43. The summed E-state index contributed by atoms with van der Waals surface area (Å²) in [6.07, 6.45) is 1.79. The Morgan fingerprint density at radius 2 is 2.07 bits per heavy atom. The van der Waals surface area contributed by atoms with E-state index in [2.05, 4.69) is 5.32 Å². The van der Waals surface area contributed by atoms with Gasteiger partial charge in [0, 0.05) is 30.3 Å². The molecular weight excluding hydrogens is 393 g/mol. The van der Waals surface area contributed by atoms with Crippen molar-refractivity contribution in [2.45, 2.75) is 51.7 Å². The van der Waals surface area contributed by atoms with Crippen LogP contribution in [0.2, 0.25) is 5.02 Å². The highest BCUT2D eigenvalue weighted by Crippen LogP contribution is 2.42. The zero-order valence-corrected chi connectivity index (χ0v) is 17.7. The molecule has 0 bridgehead atoms. The molecule has 1 unspecified atom stereocenters. The SMILES string of the molecule is CC(C)(C)OC(=O)NCc1cc(-c2ccc(F)c(Cl)c2)nc(C(CN)C2CC2)c1. The first-order valence-corrected chi connectivity index (χ1v) is 10.2. The zero-order chi connectivity index (χ0) is 21.2. The lowest BCUT2D eigenvalue weighted by Gasteiger charge is -2.20. The molecule has 7 heteroatoms. The van der Waals surface area contributed by atoms with Gasteiger partial charge in [-0.05, 0) is 75.4 Å². The van der Waals surface area contributed by atoms with Gasteiger partial charge in [-0.25, -0.2) is 9.18 Å². The molecule has 0 saturated heterocycles. The van der Waals surface area contributed by atoms with Crippen molar-refractivity contribution in [1.82, 2.24) is 10.3 Å². The van der Waals surface area contributed by atoms with Crippen LogP contribution in [0.15, 0.2) is 30.3 Å². The summed E-state index contributed by atoms with van der Waals surface area (Å²) >= 11 is 5.96. The summed E-state index contributed by atoms with van der Waals surface area (Å²) in [5.74, 6) is 0.216. The van der Waals surface area contributed by atoms with E-state index in [0.717, 1.165) is 24.1 Å². The second-order valence-corrected chi connectivity index (χ2v) is 8.86. The molecule has 1 fully saturated rings. The van der Waals surface area contributed by atoms with E-state index in [1.54, 1.807) is 12.1 Å². The minimum atomic E-state index is -0.569. The van der Waals surface area contributed by atoms with E-state index in [1.807, 2.05) is 32.9 Å². The molecule has 1 heterocycles. The first-order valence-electron chi connectivity index (χ1n) is 9.79. The van der Waals surface area contributed by atoms with E-state index >= 15 is 0 Å². The number of alkyl carbamates (subject to hydrolysis) is 1. The van der Waals surface area contributed by atoms with Crippen molar-refractivity contribution in [2.24, 2.45) is 11.7 Å². The van der Waals surface area contributed by atoms with E-state index in [0.29, 0.717) is 23.7 Å². The molecule has 3 N–H and O–H groups in total. The van der Waals surface area contributed by atoms with Crippen LogP contribution in [0, 0.1) is 11.7 Å². The third kappa shape index (κ3) is 5.90. The minimum absolute atomic E-state index is 0.0423. The van der Waals surface area contributed by atoms with E-state index in [4.69, 9.17) is 27.1 Å². The standard InChI is InChI=1S/C22H27ClFN3O2/c1-22(2,3)29-21(28)26-12-13-8-19(15-6-7-18(24)17(23)10-15)27-20(9-13)16(11-25)14-4-5-14/h6-10,14,16H,4-5,11-12,25H2,1-3H3,(H,26,28). The van der Waals surface area contributed by atoms with Crippen LogP contribution in [-0.4, -0.2) is 23.2 Å². The Labute approximate surface area is 175 Å². The summed E-state index contributed by atoms with van der Waals surface area (Å²) in [4.78, 5) is 16.8. The van der Waals surface area contributed by atoms with Crippen LogP contribution in [0.3, 0.4) is 0 Å². The number of nitrogens with one attached hydrogen (secondary N) is 1. The largest absolute Gasteiger partial charge is 0.444 e. The zero-order valence-electron chi connectivity index (χ0n) is 17.0. The number of nitrogens with two attached hydrogens (primary N) is 1. The van der Waals surface area contributed by atoms with Gasteiger partial charge in [-0.1, -0.05) is 11.6 Å². The van der Waals surface area contributed by atoms with Gasteiger partial charge in [-0.2, -0.15) is 0 Å². The van der Waals surface area contributed by atoms with E-state index in [-0.39, 0.29) is 17.5 Å². The van der Waals surface area contributed by atoms with Gasteiger partial charge in [0.1, 0.15) is 11.4 Å². The maximum Gasteiger partial charge on any atom is 0.407 e. The molecule has 0 aliphatic heterocycles. The molecule has 1 saturated carbocycles. The Morgan fingerprint density at radius 3 is 2.66 bits per heavy atom. The molecule has 1 aromatic carbocycles. The molecule has 1 atom stereocenters. The Hall–Kier alpha value is -2.18. The molecule has 5 nitrogen and oxygen atoms in total. The van der Waals surface area contributed by atoms with Crippen LogP contribution in [0.4, 0.5) is 9.18 Å². The van der Waals surface area contributed by atoms with E-state index in [9.17, 15) is 9.18 Å². The molecule has 1 amide bonds. The van der Waals surface area contributed by atoms with Crippen molar-refractivity contribution >= 4 is 17.7 Å². The van der Waals surface area contributed by atoms with Crippen molar-refractivity contribution in [3.63, 3.8) is 0 Å². The summed E-state index contributed by atoms with van der Waals surface area (Å²) < 4.78 is 18.9.